The van der Waals surface area contributed by atoms with Gasteiger partial charge < -0.3 is 13.7 Å². The maximum absolute atomic E-state index is 12.8. The Kier molecular flexibility index (Phi) is 4.25. The van der Waals surface area contributed by atoms with Crippen LogP contribution in [0.1, 0.15) is 27.4 Å². The predicted octanol–water partition coefficient (Wildman–Crippen LogP) is 3.59. The highest BCUT2D eigenvalue weighted by Crippen LogP contribution is 2.15. The lowest BCUT2D eigenvalue weighted by Crippen LogP contribution is -2.29. The molecule has 0 unspecified atom stereocenters. The molecule has 2 aromatic heterocycles. The van der Waals surface area contributed by atoms with Crippen molar-refractivity contribution in [2.24, 2.45) is 0 Å². The van der Waals surface area contributed by atoms with Crippen LogP contribution in [0.15, 0.2) is 69.9 Å². The highest BCUT2D eigenvalue weighted by atomic mass is 16.3. The second-order valence-electron chi connectivity index (χ2n) is 5.01. The van der Waals surface area contributed by atoms with E-state index in [2.05, 4.69) is 0 Å². The van der Waals surface area contributed by atoms with Crippen molar-refractivity contribution >= 4 is 5.91 Å². The fourth-order valence-corrected chi connectivity index (χ4v) is 2.29. The van der Waals surface area contributed by atoms with E-state index in [4.69, 9.17) is 14.1 Å². The Morgan fingerprint density at radius 3 is 2.17 bits per heavy atom. The molecule has 2 heterocycles. The number of furan rings is 2. The smallest absolute Gasteiger partial charge is 0.254 e. The van der Waals surface area contributed by atoms with Crippen molar-refractivity contribution in [1.29, 1.82) is 5.26 Å². The van der Waals surface area contributed by atoms with Crippen LogP contribution in [0.3, 0.4) is 0 Å². The van der Waals surface area contributed by atoms with Crippen LogP contribution in [-0.4, -0.2) is 10.8 Å². The molecule has 0 bridgehead atoms. The topological polar surface area (TPSA) is 70.4 Å². The summed E-state index contributed by atoms with van der Waals surface area (Å²) in [6.07, 6.45) is 3.14. The van der Waals surface area contributed by atoms with Gasteiger partial charge in [-0.2, -0.15) is 5.26 Å². The maximum atomic E-state index is 12.8. The van der Waals surface area contributed by atoms with Gasteiger partial charge in [-0.15, -0.1) is 0 Å². The molecule has 0 aliphatic rings. The van der Waals surface area contributed by atoms with Crippen molar-refractivity contribution in [1.82, 2.24) is 4.90 Å². The van der Waals surface area contributed by atoms with E-state index in [1.54, 1.807) is 53.8 Å². The largest absolute Gasteiger partial charge is 0.467 e. The maximum Gasteiger partial charge on any atom is 0.254 e. The number of carbonyl (C=O) groups is 1. The number of hydrogen-bond acceptors (Lipinski definition) is 4. The molecule has 3 rings (SSSR count). The summed E-state index contributed by atoms with van der Waals surface area (Å²) in [7, 11) is 0. The third-order valence-corrected chi connectivity index (χ3v) is 3.38. The van der Waals surface area contributed by atoms with Crippen molar-refractivity contribution in [3.05, 3.63) is 83.7 Å². The van der Waals surface area contributed by atoms with Crippen LogP contribution in [-0.2, 0) is 13.1 Å². The van der Waals surface area contributed by atoms with Gasteiger partial charge in [0, 0.05) is 5.56 Å². The van der Waals surface area contributed by atoms with Gasteiger partial charge in [0.05, 0.1) is 37.2 Å². The number of amides is 1. The van der Waals surface area contributed by atoms with E-state index in [0.29, 0.717) is 35.7 Å². The highest BCUT2D eigenvalue weighted by Gasteiger charge is 2.19. The number of nitriles is 1. The molecular formula is C18H14N2O3. The first kappa shape index (κ1) is 14.7. The Bertz CT molecular complexity index is 778. The molecule has 5 nitrogen and oxygen atoms in total. The van der Waals surface area contributed by atoms with E-state index < -0.39 is 0 Å². The van der Waals surface area contributed by atoms with E-state index in [1.165, 1.54) is 0 Å². The summed E-state index contributed by atoms with van der Waals surface area (Å²) < 4.78 is 10.7. The van der Waals surface area contributed by atoms with Gasteiger partial charge >= 0.3 is 0 Å². The Morgan fingerprint density at radius 1 is 1.00 bits per heavy atom. The van der Waals surface area contributed by atoms with Crippen LogP contribution in [0, 0.1) is 11.3 Å². The van der Waals surface area contributed by atoms with Crippen molar-refractivity contribution in [2.45, 2.75) is 13.1 Å². The van der Waals surface area contributed by atoms with Gasteiger partial charge in [-0.25, -0.2) is 0 Å². The third kappa shape index (κ3) is 3.50. The van der Waals surface area contributed by atoms with Crippen LogP contribution in [0.4, 0.5) is 0 Å². The monoisotopic (exact) mass is 306 g/mol. The summed E-state index contributed by atoms with van der Waals surface area (Å²) in [5.74, 6) is 1.18. The Balaban J connectivity index is 1.86. The first-order valence-corrected chi connectivity index (χ1v) is 7.10. The zero-order valence-corrected chi connectivity index (χ0v) is 12.3. The van der Waals surface area contributed by atoms with Crippen LogP contribution in [0.25, 0.3) is 0 Å². The number of rotatable bonds is 5. The molecule has 5 heteroatoms. The molecule has 0 aliphatic heterocycles. The molecule has 1 aromatic carbocycles. The van der Waals surface area contributed by atoms with E-state index in [9.17, 15) is 4.79 Å². The van der Waals surface area contributed by atoms with E-state index >= 15 is 0 Å². The Hall–Kier alpha value is -3.26. The first-order valence-electron chi connectivity index (χ1n) is 7.10. The third-order valence-electron chi connectivity index (χ3n) is 3.38. The average molecular weight is 306 g/mol. The summed E-state index contributed by atoms with van der Waals surface area (Å²) in [6, 6.07) is 15.9. The van der Waals surface area contributed by atoms with Crippen LogP contribution < -0.4 is 0 Å². The minimum absolute atomic E-state index is 0.185. The second-order valence-corrected chi connectivity index (χ2v) is 5.01. The fraction of sp³-hybridized carbons (Fsp3) is 0.111. The van der Waals surface area contributed by atoms with Crippen molar-refractivity contribution in [2.75, 3.05) is 0 Å². The molecule has 0 atom stereocenters. The SMILES string of the molecule is N#Cc1cccc(C(=O)N(Cc2ccco2)Cc2ccco2)c1. The second kappa shape index (κ2) is 6.67. The quantitative estimate of drug-likeness (QED) is 0.722. The standard InChI is InChI=1S/C18H14N2O3/c19-11-14-4-1-5-15(10-14)18(21)20(12-16-6-2-8-22-16)13-17-7-3-9-23-17/h1-10H,12-13H2. The zero-order chi connectivity index (χ0) is 16.1. The van der Waals surface area contributed by atoms with Crippen LogP contribution >= 0.6 is 0 Å². The molecule has 0 saturated heterocycles. The van der Waals surface area contributed by atoms with Gasteiger partial charge in [0.2, 0.25) is 0 Å². The van der Waals surface area contributed by atoms with Crippen LogP contribution in [0.2, 0.25) is 0 Å². The fourth-order valence-electron chi connectivity index (χ4n) is 2.29. The number of nitrogens with zero attached hydrogens (tertiary/aromatic N) is 2. The molecule has 0 fully saturated rings. The lowest BCUT2D eigenvalue weighted by molar-refractivity contribution is 0.0705. The van der Waals surface area contributed by atoms with Crippen molar-refractivity contribution in [3.8, 4) is 6.07 Å². The predicted molar refractivity (Wildman–Crippen MR) is 82.2 cm³/mol. The van der Waals surface area contributed by atoms with E-state index in [1.807, 2.05) is 18.2 Å². The van der Waals surface area contributed by atoms with E-state index in [0.717, 1.165) is 0 Å². The molecule has 0 spiro atoms. The van der Waals surface area contributed by atoms with Crippen LogP contribution in [0.5, 0.6) is 0 Å². The van der Waals surface area contributed by atoms with Gasteiger partial charge in [0.15, 0.2) is 0 Å². The minimum Gasteiger partial charge on any atom is -0.467 e. The highest BCUT2D eigenvalue weighted by molar-refractivity contribution is 5.94. The molecule has 0 saturated carbocycles. The average Bonchev–Trinajstić information content (AvgIpc) is 3.27. The molecule has 114 valence electrons. The molecule has 0 aliphatic carbocycles. The number of benzene rings is 1. The molecule has 23 heavy (non-hydrogen) atoms. The Morgan fingerprint density at radius 2 is 1.65 bits per heavy atom. The van der Waals surface area contributed by atoms with Crippen molar-refractivity contribution < 1.29 is 13.6 Å². The van der Waals surface area contributed by atoms with Gasteiger partial charge in [-0.1, -0.05) is 6.07 Å². The summed E-state index contributed by atoms with van der Waals surface area (Å²) in [4.78, 5) is 14.4. The van der Waals surface area contributed by atoms with Crippen molar-refractivity contribution in [3.63, 3.8) is 0 Å². The van der Waals surface area contributed by atoms with Gasteiger partial charge in [0.1, 0.15) is 11.5 Å². The lowest BCUT2D eigenvalue weighted by atomic mass is 10.1. The summed E-state index contributed by atoms with van der Waals surface area (Å²) in [5.41, 5.74) is 0.911. The Labute approximate surface area is 133 Å². The van der Waals surface area contributed by atoms with Gasteiger partial charge in [-0.05, 0) is 42.5 Å². The van der Waals surface area contributed by atoms with Gasteiger partial charge in [-0.3, -0.25) is 4.79 Å². The molecule has 0 radical (unpaired) electrons. The van der Waals surface area contributed by atoms with E-state index in [-0.39, 0.29) is 5.91 Å². The molecule has 0 N–H and O–H groups in total. The van der Waals surface area contributed by atoms with Gasteiger partial charge in [0.25, 0.3) is 5.91 Å². The molecular weight excluding hydrogens is 292 g/mol. The minimum atomic E-state index is -0.185. The normalized spacial score (nSPS) is 10.2. The number of carbonyl (C=O) groups excluding carboxylic acids is 1. The summed E-state index contributed by atoms with van der Waals surface area (Å²) in [6.45, 7) is 0.645. The molecule has 1 amide bonds. The summed E-state index contributed by atoms with van der Waals surface area (Å²) >= 11 is 0. The zero-order valence-electron chi connectivity index (χ0n) is 12.3. The molecule has 3 aromatic rings. The first-order chi connectivity index (χ1) is 11.3. The summed E-state index contributed by atoms with van der Waals surface area (Å²) in [5, 5.41) is 8.99. The lowest BCUT2D eigenvalue weighted by Gasteiger charge is -2.20. The number of hydrogen-bond donors (Lipinski definition) is 0.